The highest BCUT2D eigenvalue weighted by Crippen LogP contribution is 2.39. The van der Waals surface area contributed by atoms with E-state index in [0.717, 1.165) is 44.6 Å². The Bertz CT molecular complexity index is 2080. The van der Waals surface area contributed by atoms with Crippen LogP contribution in [-0.4, -0.2) is 19.5 Å². The van der Waals surface area contributed by atoms with Gasteiger partial charge in [-0.25, -0.2) is 15.0 Å². The van der Waals surface area contributed by atoms with Gasteiger partial charge in [-0.1, -0.05) is 88.4 Å². The van der Waals surface area contributed by atoms with E-state index in [1.165, 1.54) is 16.7 Å². The van der Waals surface area contributed by atoms with E-state index >= 15 is 0 Å². The molecule has 216 valence electrons. The van der Waals surface area contributed by atoms with E-state index in [1.54, 1.807) is 6.20 Å². The third-order valence-corrected chi connectivity index (χ3v) is 8.16. The molecule has 0 bridgehead atoms. The molecule has 0 saturated carbocycles. The van der Waals surface area contributed by atoms with Gasteiger partial charge in [-0.2, -0.15) is 0 Å². The Balaban J connectivity index is 1.31. The van der Waals surface area contributed by atoms with Gasteiger partial charge >= 0.3 is 0 Å². The van der Waals surface area contributed by atoms with Crippen molar-refractivity contribution in [1.82, 2.24) is 19.5 Å². The number of para-hydroxylation sites is 2. The molecule has 4 heterocycles. The second kappa shape index (κ2) is 11.4. The van der Waals surface area contributed by atoms with Gasteiger partial charge in [0, 0.05) is 40.4 Å². The van der Waals surface area contributed by atoms with Crippen LogP contribution in [0.2, 0.25) is 0 Å². The lowest BCUT2D eigenvalue weighted by Crippen LogP contribution is -2.01. The summed E-state index contributed by atoms with van der Waals surface area (Å²) in [6, 6.07) is 37.3. The van der Waals surface area contributed by atoms with Crippen molar-refractivity contribution >= 4 is 21.8 Å². The van der Waals surface area contributed by atoms with Crippen LogP contribution in [0.5, 0.6) is 11.6 Å². The summed E-state index contributed by atoms with van der Waals surface area (Å²) in [5.41, 5.74) is 8.70. The summed E-state index contributed by atoms with van der Waals surface area (Å²) in [5, 5.41) is 2.24. The first kappa shape index (κ1) is 27.5. The number of rotatable bonds is 7. The van der Waals surface area contributed by atoms with Crippen LogP contribution in [0.3, 0.4) is 0 Å². The van der Waals surface area contributed by atoms with Gasteiger partial charge in [-0.3, -0.25) is 4.57 Å². The fourth-order valence-electron chi connectivity index (χ4n) is 6.11. The average Bonchev–Trinajstić information content (AvgIpc) is 3.40. The van der Waals surface area contributed by atoms with E-state index in [2.05, 4.69) is 109 Å². The topological polar surface area (TPSA) is 52.8 Å². The molecule has 5 heteroatoms. The molecule has 0 aliphatic rings. The first-order valence-electron chi connectivity index (χ1n) is 15.2. The molecule has 0 spiro atoms. The normalized spacial score (nSPS) is 11.6. The quantitative estimate of drug-likeness (QED) is 0.190. The number of aromatic nitrogens is 4. The standard InChI is InChI=1S/C39H34N4O/c1-25(2)28-13-9-14-29(26(3)4)38(28)33-17-11-16-32(42-33)27-21-23-41-37(24-27)44-35-19-10-15-31-30-12-5-6-18-34(30)43(39(31)35)36-20-7-8-22-40-36/h5-26H,1-4H3. The molecule has 5 nitrogen and oxygen atoms in total. The van der Waals surface area contributed by atoms with Crippen LogP contribution in [0.1, 0.15) is 50.7 Å². The van der Waals surface area contributed by atoms with E-state index in [4.69, 9.17) is 9.72 Å². The minimum Gasteiger partial charge on any atom is -0.437 e. The summed E-state index contributed by atoms with van der Waals surface area (Å²) >= 11 is 0. The van der Waals surface area contributed by atoms with Gasteiger partial charge in [0.2, 0.25) is 5.88 Å². The van der Waals surface area contributed by atoms with Crippen LogP contribution in [0.15, 0.2) is 122 Å². The SMILES string of the molecule is CC(C)c1cccc(C(C)C)c1-c1cccc(-c2ccnc(Oc3cccc4c5ccccc5n(-c5ccccn5)c34)c2)n1. The van der Waals surface area contributed by atoms with E-state index in [-0.39, 0.29) is 0 Å². The van der Waals surface area contributed by atoms with Crippen LogP contribution in [0, 0.1) is 0 Å². The number of fused-ring (bicyclic) bond motifs is 3. The van der Waals surface area contributed by atoms with Gasteiger partial charge < -0.3 is 4.74 Å². The average molecular weight is 575 g/mol. The van der Waals surface area contributed by atoms with Gasteiger partial charge in [-0.05, 0) is 65.4 Å². The first-order chi connectivity index (χ1) is 21.5. The largest absolute Gasteiger partial charge is 0.437 e. The smallest absolute Gasteiger partial charge is 0.219 e. The van der Waals surface area contributed by atoms with E-state index < -0.39 is 0 Å². The predicted molar refractivity (Wildman–Crippen MR) is 180 cm³/mol. The third-order valence-electron chi connectivity index (χ3n) is 8.16. The number of nitrogens with zero attached hydrogens (tertiary/aromatic N) is 4. The van der Waals surface area contributed by atoms with Gasteiger partial charge in [0.25, 0.3) is 0 Å². The van der Waals surface area contributed by atoms with Crippen LogP contribution in [-0.2, 0) is 0 Å². The molecule has 0 aliphatic carbocycles. The number of hydrogen-bond acceptors (Lipinski definition) is 4. The summed E-state index contributed by atoms with van der Waals surface area (Å²) in [7, 11) is 0. The Morgan fingerprint density at radius 3 is 2.09 bits per heavy atom. The zero-order chi connectivity index (χ0) is 30.2. The molecule has 0 N–H and O–H groups in total. The predicted octanol–water partition coefficient (Wildman–Crippen LogP) is 10.3. The highest BCUT2D eigenvalue weighted by atomic mass is 16.5. The minimum atomic E-state index is 0.388. The Morgan fingerprint density at radius 1 is 0.614 bits per heavy atom. The summed E-state index contributed by atoms with van der Waals surface area (Å²) in [6.45, 7) is 8.97. The molecule has 3 aromatic carbocycles. The molecular weight excluding hydrogens is 540 g/mol. The Kier molecular flexibility index (Phi) is 7.15. The van der Waals surface area contributed by atoms with Crippen LogP contribution in [0.25, 0.3) is 50.1 Å². The molecule has 7 aromatic rings. The Labute approximate surface area is 257 Å². The number of pyridine rings is 3. The minimum absolute atomic E-state index is 0.388. The molecule has 0 unspecified atom stereocenters. The summed E-state index contributed by atoms with van der Waals surface area (Å²) in [5.74, 6) is 2.83. The van der Waals surface area contributed by atoms with Crippen molar-refractivity contribution in [2.45, 2.75) is 39.5 Å². The fourth-order valence-corrected chi connectivity index (χ4v) is 6.11. The third kappa shape index (κ3) is 4.90. The molecule has 0 fully saturated rings. The van der Waals surface area contributed by atoms with Crippen molar-refractivity contribution in [3.05, 3.63) is 133 Å². The van der Waals surface area contributed by atoms with E-state index in [1.807, 2.05) is 48.7 Å². The van der Waals surface area contributed by atoms with E-state index in [0.29, 0.717) is 23.5 Å². The molecule has 44 heavy (non-hydrogen) atoms. The number of benzene rings is 3. The van der Waals surface area contributed by atoms with Crippen molar-refractivity contribution < 1.29 is 4.74 Å². The lowest BCUT2D eigenvalue weighted by Gasteiger charge is -2.19. The molecule has 7 rings (SSSR count). The van der Waals surface area contributed by atoms with E-state index in [9.17, 15) is 0 Å². The number of ether oxygens (including phenoxy) is 1. The Morgan fingerprint density at radius 2 is 1.32 bits per heavy atom. The second-order valence-electron chi connectivity index (χ2n) is 11.7. The lowest BCUT2D eigenvalue weighted by molar-refractivity contribution is 0.467. The molecule has 0 aliphatic heterocycles. The van der Waals surface area contributed by atoms with Crippen molar-refractivity contribution in [2.24, 2.45) is 0 Å². The highest BCUT2D eigenvalue weighted by Gasteiger charge is 2.19. The summed E-state index contributed by atoms with van der Waals surface area (Å²) in [6.07, 6.45) is 3.60. The molecule has 0 radical (unpaired) electrons. The lowest BCUT2D eigenvalue weighted by atomic mass is 9.87. The molecule has 4 aromatic heterocycles. The zero-order valence-corrected chi connectivity index (χ0v) is 25.4. The monoisotopic (exact) mass is 574 g/mol. The fraction of sp³-hybridized carbons (Fsp3) is 0.154. The van der Waals surface area contributed by atoms with Gasteiger partial charge in [0.15, 0.2) is 5.75 Å². The molecule has 0 saturated heterocycles. The molecule has 0 atom stereocenters. The molecule has 0 amide bonds. The summed E-state index contributed by atoms with van der Waals surface area (Å²) < 4.78 is 8.73. The maximum absolute atomic E-state index is 6.57. The van der Waals surface area contributed by atoms with Crippen molar-refractivity contribution in [2.75, 3.05) is 0 Å². The van der Waals surface area contributed by atoms with Gasteiger partial charge in [0.1, 0.15) is 5.82 Å². The van der Waals surface area contributed by atoms with Crippen LogP contribution >= 0.6 is 0 Å². The summed E-state index contributed by atoms with van der Waals surface area (Å²) in [4.78, 5) is 14.5. The molecular formula is C39H34N4O. The van der Waals surface area contributed by atoms with Crippen LogP contribution < -0.4 is 4.74 Å². The second-order valence-corrected chi connectivity index (χ2v) is 11.7. The number of hydrogen-bond donors (Lipinski definition) is 0. The highest BCUT2D eigenvalue weighted by molar-refractivity contribution is 6.11. The Hall–Kier alpha value is -5.29. The van der Waals surface area contributed by atoms with Crippen molar-refractivity contribution in [3.8, 4) is 40.0 Å². The van der Waals surface area contributed by atoms with Crippen molar-refractivity contribution in [3.63, 3.8) is 0 Å². The first-order valence-corrected chi connectivity index (χ1v) is 15.2. The van der Waals surface area contributed by atoms with Crippen molar-refractivity contribution in [1.29, 1.82) is 0 Å². The maximum atomic E-state index is 6.57. The van der Waals surface area contributed by atoms with Gasteiger partial charge in [0.05, 0.1) is 22.4 Å². The zero-order valence-electron chi connectivity index (χ0n) is 25.4. The van der Waals surface area contributed by atoms with Gasteiger partial charge in [-0.15, -0.1) is 0 Å². The maximum Gasteiger partial charge on any atom is 0.219 e. The van der Waals surface area contributed by atoms with Crippen LogP contribution in [0.4, 0.5) is 0 Å².